The van der Waals surface area contributed by atoms with Gasteiger partial charge in [-0.15, -0.1) is 0 Å². The van der Waals surface area contributed by atoms with Crippen LogP contribution in [-0.2, 0) is 18.1 Å². The van der Waals surface area contributed by atoms with E-state index in [1.807, 2.05) is 30.0 Å². The van der Waals surface area contributed by atoms with E-state index in [2.05, 4.69) is 28.4 Å². The summed E-state index contributed by atoms with van der Waals surface area (Å²) in [4.78, 5) is 9.67. The molecular formula is C32H37F3N4O. The van der Waals surface area contributed by atoms with E-state index in [0.717, 1.165) is 61.7 Å². The molecule has 6 rings (SSSR count). The van der Waals surface area contributed by atoms with E-state index in [9.17, 15) is 13.2 Å². The highest BCUT2D eigenvalue weighted by Gasteiger charge is 2.44. The number of nitrogens with zero attached hydrogens (tertiary/aromatic N) is 3. The maximum atomic E-state index is 13.8. The summed E-state index contributed by atoms with van der Waals surface area (Å²) in [6.07, 6.45) is -0.418. The normalized spacial score (nSPS) is 21.0. The first-order valence-corrected chi connectivity index (χ1v) is 14.5. The Bertz CT molecular complexity index is 1330. The van der Waals surface area contributed by atoms with Gasteiger partial charge in [-0.05, 0) is 75.0 Å². The molecular weight excluding hydrogens is 513 g/mol. The van der Waals surface area contributed by atoms with Crippen LogP contribution in [0.5, 0.6) is 5.75 Å². The molecule has 5 nitrogen and oxygen atoms in total. The number of rotatable bonds is 6. The molecule has 3 aliphatic rings. The molecule has 0 aliphatic carbocycles. The van der Waals surface area contributed by atoms with Crippen molar-refractivity contribution in [3.8, 4) is 17.0 Å². The molecule has 2 aromatic carbocycles. The maximum Gasteiger partial charge on any atom is 0.418 e. The Kier molecular flexibility index (Phi) is 7.48. The lowest BCUT2D eigenvalue weighted by atomic mass is 9.69. The van der Waals surface area contributed by atoms with Gasteiger partial charge in [0.05, 0.1) is 23.6 Å². The minimum Gasteiger partial charge on any atom is -0.493 e. The van der Waals surface area contributed by atoms with E-state index >= 15 is 0 Å². The van der Waals surface area contributed by atoms with Crippen molar-refractivity contribution < 1.29 is 17.9 Å². The third-order valence-corrected chi connectivity index (χ3v) is 8.82. The van der Waals surface area contributed by atoms with Crippen LogP contribution < -0.4 is 15.0 Å². The number of nitrogens with one attached hydrogen (secondary N) is 1. The summed E-state index contributed by atoms with van der Waals surface area (Å²) in [7, 11) is 0. The zero-order chi connectivity index (χ0) is 27.7. The van der Waals surface area contributed by atoms with Gasteiger partial charge >= 0.3 is 6.18 Å². The molecule has 0 amide bonds. The van der Waals surface area contributed by atoms with E-state index in [1.54, 1.807) is 12.1 Å². The van der Waals surface area contributed by atoms with Crippen LogP contribution in [0.15, 0.2) is 60.7 Å². The van der Waals surface area contributed by atoms with Crippen LogP contribution >= 0.6 is 0 Å². The van der Waals surface area contributed by atoms with Crippen LogP contribution in [0.3, 0.4) is 0 Å². The smallest absolute Gasteiger partial charge is 0.418 e. The summed E-state index contributed by atoms with van der Waals surface area (Å²) in [5.41, 5.74) is 3.81. The molecule has 1 spiro atoms. The van der Waals surface area contributed by atoms with E-state index in [4.69, 9.17) is 9.72 Å². The quantitative estimate of drug-likeness (QED) is 0.392. The number of fused-ring (bicyclic) bond motifs is 2. The Morgan fingerprint density at radius 2 is 1.80 bits per heavy atom. The van der Waals surface area contributed by atoms with Gasteiger partial charge in [-0.25, -0.2) is 0 Å². The average molecular weight is 551 g/mol. The molecule has 0 radical (unpaired) electrons. The molecule has 4 heterocycles. The summed E-state index contributed by atoms with van der Waals surface area (Å²) >= 11 is 0. The Balaban J connectivity index is 1.32. The number of benzene rings is 2. The minimum atomic E-state index is -4.37. The van der Waals surface area contributed by atoms with Crippen LogP contribution in [0.2, 0.25) is 0 Å². The fraction of sp³-hybridized carbons (Fsp3) is 0.469. The standard InChI is InChI=1S/C32H37F3N4O/c1-2-40-30-12-6-3-9-24(30)27-14-13-25-28(37-27)21-38(20-23-8-7-17-36-23)22-31(25)15-18-39(19-16-31)29-11-5-4-10-26(29)32(33,34)35/h3-6,9-14,23,36H,2,7-8,15-22H2,1H3/t23-/m1/s1. The van der Waals surface area contributed by atoms with Crippen molar-refractivity contribution in [2.45, 2.75) is 56.8 Å². The molecule has 1 N–H and O–H groups in total. The SMILES string of the molecule is CCOc1ccccc1-c1ccc2c(n1)CN(C[C@H]1CCCN1)CC21CCN(c2ccccc2C(F)(F)F)CC1. The molecule has 0 unspecified atom stereocenters. The first-order chi connectivity index (χ1) is 19.4. The highest BCUT2D eigenvalue weighted by Crippen LogP contribution is 2.45. The fourth-order valence-corrected chi connectivity index (χ4v) is 6.94. The third kappa shape index (κ3) is 5.31. The number of halogens is 3. The van der Waals surface area contributed by atoms with Gasteiger partial charge in [0.1, 0.15) is 5.75 Å². The summed E-state index contributed by atoms with van der Waals surface area (Å²) in [5.74, 6) is 0.826. The number of piperidine rings is 1. The summed E-state index contributed by atoms with van der Waals surface area (Å²) in [6, 6.07) is 18.8. The van der Waals surface area contributed by atoms with Crippen molar-refractivity contribution in [2.75, 3.05) is 44.2 Å². The van der Waals surface area contributed by atoms with Crippen LogP contribution in [0.1, 0.15) is 49.4 Å². The van der Waals surface area contributed by atoms with Gasteiger partial charge in [-0.3, -0.25) is 9.88 Å². The summed E-state index contributed by atoms with van der Waals surface area (Å²) in [6.45, 7) is 7.43. The third-order valence-electron chi connectivity index (χ3n) is 8.82. The zero-order valence-corrected chi connectivity index (χ0v) is 23.0. The number of alkyl halides is 3. The van der Waals surface area contributed by atoms with E-state index in [1.165, 1.54) is 30.5 Å². The van der Waals surface area contributed by atoms with E-state index in [0.29, 0.717) is 25.7 Å². The molecule has 1 aromatic heterocycles. The van der Waals surface area contributed by atoms with Crippen molar-refractivity contribution in [1.82, 2.24) is 15.2 Å². The minimum absolute atomic E-state index is 0.138. The second-order valence-electron chi connectivity index (χ2n) is 11.4. The number of hydrogen-bond donors (Lipinski definition) is 1. The number of ether oxygens (including phenoxy) is 1. The van der Waals surface area contributed by atoms with Crippen LogP contribution in [-0.4, -0.2) is 55.3 Å². The molecule has 2 fully saturated rings. The van der Waals surface area contributed by atoms with Crippen molar-refractivity contribution in [3.05, 3.63) is 77.5 Å². The molecule has 8 heteroatoms. The molecule has 3 aromatic rings. The first kappa shape index (κ1) is 27.1. The lowest BCUT2D eigenvalue weighted by molar-refractivity contribution is -0.137. The number of pyridine rings is 1. The van der Waals surface area contributed by atoms with Gasteiger partial charge in [-0.2, -0.15) is 13.2 Å². The molecule has 0 saturated carbocycles. The predicted molar refractivity (Wildman–Crippen MR) is 152 cm³/mol. The van der Waals surface area contributed by atoms with Gasteiger partial charge in [0.15, 0.2) is 0 Å². The van der Waals surface area contributed by atoms with Crippen molar-refractivity contribution in [2.24, 2.45) is 0 Å². The zero-order valence-electron chi connectivity index (χ0n) is 23.0. The topological polar surface area (TPSA) is 40.6 Å². The van der Waals surface area contributed by atoms with Crippen molar-refractivity contribution >= 4 is 5.69 Å². The Labute approximate surface area is 234 Å². The number of para-hydroxylation sites is 2. The number of hydrogen-bond acceptors (Lipinski definition) is 5. The second-order valence-corrected chi connectivity index (χ2v) is 11.4. The summed E-state index contributed by atoms with van der Waals surface area (Å²) in [5, 5.41) is 3.63. The second kappa shape index (κ2) is 11.1. The number of aromatic nitrogens is 1. The van der Waals surface area contributed by atoms with E-state index < -0.39 is 11.7 Å². The van der Waals surface area contributed by atoms with Gasteiger partial charge < -0.3 is 15.0 Å². The lowest BCUT2D eigenvalue weighted by Crippen LogP contribution is -2.54. The Hall–Kier alpha value is -3.10. The molecule has 1 atom stereocenters. The van der Waals surface area contributed by atoms with Gasteiger partial charge in [0.2, 0.25) is 0 Å². The highest BCUT2D eigenvalue weighted by molar-refractivity contribution is 5.68. The Morgan fingerprint density at radius 1 is 1.02 bits per heavy atom. The monoisotopic (exact) mass is 550 g/mol. The average Bonchev–Trinajstić information content (AvgIpc) is 3.46. The molecule has 0 bridgehead atoms. The van der Waals surface area contributed by atoms with Crippen molar-refractivity contribution in [3.63, 3.8) is 0 Å². The van der Waals surface area contributed by atoms with Crippen LogP contribution in [0, 0.1) is 0 Å². The maximum absolute atomic E-state index is 13.8. The van der Waals surface area contributed by atoms with Gasteiger partial charge in [-0.1, -0.05) is 30.3 Å². The molecule has 212 valence electrons. The molecule has 40 heavy (non-hydrogen) atoms. The molecule has 3 aliphatic heterocycles. The lowest BCUT2D eigenvalue weighted by Gasteiger charge is -2.49. The first-order valence-electron chi connectivity index (χ1n) is 14.5. The van der Waals surface area contributed by atoms with E-state index in [-0.39, 0.29) is 11.1 Å². The fourth-order valence-electron chi connectivity index (χ4n) is 6.94. The number of anilines is 1. The predicted octanol–water partition coefficient (Wildman–Crippen LogP) is 6.27. The summed E-state index contributed by atoms with van der Waals surface area (Å²) < 4.78 is 47.3. The van der Waals surface area contributed by atoms with Crippen LogP contribution in [0.25, 0.3) is 11.3 Å². The Morgan fingerprint density at radius 3 is 2.55 bits per heavy atom. The van der Waals surface area contributed by atoms with Gasteiger partial charge in [0, 0.05) is 55.4 Å². The van der Waals surface area contributed by atoms with Crippen molar-refractivity contribution in [1.29, 1.82) is 0 Å². The molecule has 2 saturated heterocycles. The largest absolute Gasteiger partial charge is 0.493 e. The van der Waals surface area contributed by atoms with Gasteiger partial charge in [0.25, 0.3) is 0 Å². The highest BCUT2D eigenvalue weighted by atomic mass is 19.4. The van der Waals surface area contributed by atoms with Crippen LogP contribution in [0.4, 0.5) is 18.9 Å².